The third-order valence-corrected chi connectivity index (χ3v) is 1.56. The topological polar surface area (TPSA) is 38.4 Å². The Hall–Kier alpha value is -0.510. The van der Waals surface area contributed by atoms with Crippen molar-refractivity contribution >= 4 is 18.0 Å². The van der Waals surface area contributed by atoms with Crippen LogP contribution < -0.4 is 5.73 Å². The van der Waals surface area contributed by atoms with Crippen LogP contribution in [0.4, 0.5) is 3.89 Å². The molecular weight excluding hydrogens is 151 g/mol. The molecule has 0 aromatic carbocycles. The molecule has 0 aliphatic carbocycles. The van der Waals surface area contributed by atoms with Crippen molar-refractivity contribution in [1.82, 2.24) is 0 Å². The Bertz CT molecular complexity index is 154. The summed E-state index contributed by atoms with van der Waals surface area (Å²) < 4.78 is 15.0. The van der Waals surface area contributed by atoms with Gasteiger partial charge in [0.1, 0.15) is 0 Å². The highest BCUT2D eigenvalue weighted by molar-refractivity contribution is 7.93. The predicted molar refractivity (Wildman–Crippen MR) is 44.4 cm³/mol. The lowest BCUT2D eigenvalue weighted by molar-refractivity contribution is 0.938. The van der Waals surface area contributed by atoms with Crippen LogP contribution in [0.2, 0.25) is 0 Å². The molecule has 0 aliphatic rings. The molecule has 4 heteroatoms. The highest BCUT2D eigenvalue weighted by atomic mass is 32.2. The lowest BCUT2D eigenvalue weighted by Crippen LogP contribution is -1.98. The average Bonchev–Trinajstić information content (AvgIpc) is 1.91. The Morgan fingerprint density at radius 1 is 1.80 bits per heavy atom. The van der Waals surface area contributed by atoms with Crippen LogP contribution in [0.3, 0.4) is 0 Å². The van der Waals surface area contributed by atoms with Crippen LogP contribution in [0.5, 0.6) is 0 Å². The van der Waals surface area contributed by atoms with Crippen LogP contribution in [-0.2, 0) is 0 Å². The van der Waals surface area contributed by atoms with E-state index in [0.29, 0.717) is 5.71 Å². The lowest BCUT2D eigenvalue weighted by atomic mass is 10.1. The summed E-state index contributed by atoms with van der Waals surface area (Å²) in [6.07, 6.45) is 2.24. The van der Waals surface area contributed by atoms with Gasteiger partial charge in [-0.2, -0.15) is 4.40 Å². The first kappa shape index (κ1) is 9.49. The molecule has 0 saturated carbocycles. The molecule has 0 heterocycles. The van der Waals surface area contributed by atoms with Gasteiger partial charge in [-0.25, -0.2) is 0 Å². The third-order valence-electron chi connectivity index (χ3n) is 1.22. The number of rotatable bonds is 3. The van der Waals surface area contributed by atoms with Crippen molar-refractivity contribution in [2.75, 3.05) is 0 Å². The molecule has 0 aliphatic heterocycles. The summed E-state index contributed by atoms with van der Waals surface area (Å²) >= 11 is -0.0396. The number of halogens is 1. The molecule has 0 aromatic rings. The van der Waals surface area contributed by atoms with Gasteiger partial charge in [0.05, 0.1) is 5.71 Å². The summed E-state index contributed by atoms with van der Waals surface area (Å²) in [5.74, 6) is 0. The van der Waals surface area contributed by atoms with E-state index in [1.807, 2.05) is 6.92 Å². The second-order valence-electron chi connectivity index (χ2n) is 1.79. The van der Waals surface area contributed by atoms with E-state index in [2.05, 4.69) is 4.40 Å². The highest BCUT2D eigenvalue weighted by Gasteiger charge is 1.96. The summed E-state index contributed by atoms with van der Waals surface area (Å²) in [4.78, 5) is 0. The summed E-state index contributed by atoms with van der Waals surface area (Å²) in [5, 5.41) is 0. The molecule has 2 N–H and O–H groups in total. The zero-order chi connectivity index (χ0) is 7.98. The van der Waals surface area contributed by atoms with Crippen LogP contribution in [0.25, 0.3) is 0 Å². The summed E-state index contributed by atoms with van der Waals surface area (Å²) in [6.45, 7) is 3.68. The number of hydrogen-bond donors (Lipinski definition) is 1. The van der Waals surface area contributed by atoms with E-state index < -0.39 is 0 Å². The number of allylic oxidation sites excluding steroid dienone is 1. The Balaban J connectivity index is 4.16. The molecule has 0 spiro atoms. The Morgan fingerprint density at radius 2 is 2.40 bits per heavy atom. The fourth-order valence-electron chi connectivity index (χ4n) is 0.605. The minimum Gasteiger partial charge on any atom is -0.404 e. The van der Waals surface area contributed by atoms with Crippen molar-refractivity contribution in [3.05, 3.63) is 11.8 Å². The molecule has 0 rings (SSSR count). The van der Waals surface area contributed by atoms with E-state index in [-0.39, 0.29) is 12.3 Å². The van der Waals surface area contributed by atoms with E-state index in [4.69, 9.17) is 5.73 Å². The Labute approximate surface area is 64.8 Å². The van der Waals surface area contributed by atoms with E-state index >= 15 is 0 Å². The lowest BCUT2D eigenvalue weighted by Gasteiger charge is -1.98. The standard InChI is InChI=1S/C6H11FN2S/c1-3-6(4-8)5(2)9-10-7/h4H,3,8H2,1-2H3. The minimum absolute atomic E-state index is 0.0396. The maximum atomic E-state index is 11.5. The molecule has 0 amide bonds. The molecule has 0 radical (unpaired) electrons. The van der Waals surface area contributed by atoms with Crippen molar-refractivity contribution < 1.29 is 3.89 Å². The van der Waals surface area contributed by atoms with Crippen molar-refractivity contribution in [3.8, 4) is 0 Å². The second kappa shape index (κ2) is 5.29. The zero-order valence-corrected chi connectivity index (χ0v) is 6.91. The summed E-state index contributed by atoms with van der Waals surface area (Å²) in [6, 6.07) is 0. The average molecular weight is 162 g/mol. The molecule has 10 heavy (non-hydrogen) atoms. The zero-order valence-electron chi connectivity index (χ0n) is 6.10. The first-order valence-corrected chi connectivity index (χ1v) is 3.67. The Kier molecular flexibility index (Phi) is 5.02. The molecule has 0 aromatic heterocycles. The van der Waals surface area contributed by atoms with Gasteiger partial charge >= 0.3 is 0 Å². The fourth-order valence-corrected chi connectivity index (χ4v) is 0.825. The van der Waals surface area contributed by atoms with Crippen LogP contribution >= 0.6 is 12.3 Å². The first-order valence-electron chi connectivity index (χ1n) is 2.99. The van der Waals surface area contributed by atoms with E-state index in [1.54, 1.807) is 6.92 Å². The predicted octanol–water partition coefficient (Wildman–Crippen LogP) is 2.23. The van der Waals surface area contributed by atoms with Crippen molar-refractivity contribution in [2.24, 2.45) is 10.1 Å². The minimum atomic E-state index is -0.0396. The smallest absolute Gasteiger partial charge is 0.186 e. The molecule has 0 bridgehead atoms. The summed E-state index contributed by atoms with van der Waals surface area (Å²) in [7, 11) is 0. The molecule has 0 unspecified atom stereocenters. The van der Waals surface area contributed by atoms with Gasteiger partial charge in [0.2, 0.25) is 0 Å². The van der Waals surface area contributed by atoms with Crippen LogP contribution in [0.15, 0.2) is 16.2 Å². The van der Waals surface area contributed by atoms with Gasteiger partial charge in [0.15, 0.2) is 12.3 Å². The van der Waals surface area contributed by atoms with Crippen molar-refractivity contribution in [1.29, 1.82) is 0 Å². The molecular formula is C6H11FN2S. The van der Waals surface area contributed by atoms with Crippen molar-refractivity contribution in [3.63, 3.8) is 0 Å². The van der Waals surface area contributed by atoms with E-state index in [1.165, 1.54) is 6.20 Å². The molecule has 0 saturated heterocycles. The SMILES string of the molecule is CCC(=CN)C(C)=NSF. The quantitative estimate of drug-likeness (QED) is 0.510. The highest BCUT2D eigenvalue weighted by Crippen LogP contribution is 2.08. The van der Waals surface area contributed by atoms with Crippen LogP contribution in [-0.4, -0.2) is 5.71 Å². The van der Waals surface area contributed by atoms with Crippen LogP contribution in [0.1, 0.15) is 20.3 Å². The van der Waals surface area contributed by atoms with Gasteiger partial charge in [-0.1, -0.05) is 6.92 Å². The van der Waals surface area contributed by atoms with Gasteiger partial charge in [-0.15, -0.1) is 3.89 Å². The second-order valence-corrected chi connectivity index (χ2v) is 2.11. The van der Waals surface area contributed by atoms with Crippen molar-refractivity contribution in [2.45, 2.75) is 20.3 Å². The van der Waals surface area contributed by atoms with Crippen LogP contribution in [0, 0.1) is 0 Å². The van der Waals surface area contributed by atoms with E-state index in [9.17, 15) is 3.89 Å². The molecule has 2 nitrogen and oxygen atoms in total. The number of nitrogens with zero attached hydrogens (tertiary/aromatic N) is 1. The molecule has 58 valence electrons. The van der Waals surface area contributed by atoms with E-state index in [0.717, 1.165) is 12.0 Å². The monoisotopic (exact) mass is 162 g/mol. The fraction of sp³-hybridized carbons (Fsp3) is 0.500. The maximum absolute atomic E-state index is 11.5. The normalized spacial score (nSPS) is 13.9. The first-order chi connectivity index (χ1) is 4.76. The Morgan fingerprint density at radius 3 is 2.70 bits per heavy atom. The number of nitrogens with two attached hydrogens (primary N) is 1. The third kappa shape index (κ3) is 2.87. The molecule has 0 atom stereocenters. The van der Waals surface area contributed by atoms with Gasteiger partial charge in [-0.3, -0.25) is 0 Å². The summed E-state index contributed by atoms with van der Waals surface area (Å²) in [5.41, 5.74) is 6.77. The van der Waals surface area contributed by atoms with Gasteiger partial charge in [0, 0.05) is 0 Å². The van der Waals surface area contributed by atoms with Gasteiger partial charge in [-0.05, 0) is 25.1 Å². The van der Waals surface area contributed by atoms with Gasteiger partial charge < -0.3 is 5.73 Å². The molecule has 0 fully saturated rings. The number of hydrogen-bond acceptors (Lipinski definition) is 3. The maximum Gasteiger partial charge on any atom is 0.186 e. The van der Waals surface area contributed by atoms with Gasteiger partial charge in [0.25, 0.3) is 0 Å². The largest absolute Gasteiger partial charge is 0.404 e.